The predicted octanol–water partition coefficient (Wildman–Crippen LogP) is 0.0715. The molecule has 0 bridgehead atoms. The number of halogens is 1. The molecule has 368 valence electrons. The Morgan fingerprint density at radius 3 is 1.22 bits per heavy atom. The summed E-state index contributed by atoms with van der Waals surface area (Å²) in [7, 11) is 1.91. The summed E-state index contributed by atoms with van der Waals surface area (Å²) in [6, 6.07) is -1.60. The predicted molar refractivity (Wildman–Crippen MR) is 247 cm³/mol. The minimum atomic E-state index is -1.18. The molecule has 20 atom stereocenters. The van der Waals surface area contributed by atoms with E-state index in [1.54, 1.807) is 18.7 Å². The fourth-order valence-corrected chi connectivity index (χ4v) is 13.0. The van der Waals surface area contributed by atoms with Crippen LogP contribution in [0.4, 0.5) is 4.39 Å². The number of aliphatic hydroxyl groups is 10. The van der Waals surface area contributed by atoms with Crippen LogP contribution in [0.5, 0.6) is 0 Å². The topological polar surface area (TPSA) is 292 Å². The third kappa shape index (κ3) is 12.7. The van der Waals surface area contributed by atoms with E-state index in [1.165, 1.54) is 35.3 Å². The first-order valence-electron chi connectivity index (χ1n) is 22.0. The van der Waals surface area contributed by atoms with E-state index in [-0.39, 0.29) is 47.1 Å². The van der Waals surface area contributed by atoms with Crippen LogP contribution in [-0.2, 0) is 18.9 Å². The van der Waals surface area contributed by atoms with Gasteiger partial charge in [0.25, 0.3) is 0 Å². The third-order valence-corrected chi connectivity index (χ3v) is 16.5. The lowest BCUT2D eigenvalue weighted by atomic mass is 9.99. The van der Waals surface area contributed by atoms with Gasteiger partial charge >= 0.3 is 0 Å². The van der Waals surface area contributed by atoms with Gasteiger partial charge in [-0.25, -0.2) is 4.39 Å². The van der Waals surface area contributed by atoms with Crippen molar-refractivity contribution in [3.8, 4) is 0 Å². The van der Waals surface area contributed by atoms with Gasteiger partial charge in [-0.15, -0.1) is 0 Å². The molecule has 0 aromatic heterocycles. The van der Waals surface area contributed by atoms with Crippen molar-refractivity contribution in [1.29, 1.82) is 0 Å². The molecule has 0 aromatic carbocycles. The van der Waals surface area contributed by atoms with E-state index in [1.807, 2.05) is 25.8 Å². The van der Waals surface area contributed by atoms with Crippen LogP contribution in [-0.4, -0.2) is 229 Å². The lowest BCUT2D eigenvalue weighted by Crippen LogP contribution is -2.55. The average Bonchev–Trinajstić information content (AvgIpc) is 4.10. The standard InChI is InChI=1S/C10H16FNO3S.C10H18N2O4S.C10H17NO4S.C10H17NO3S/c1-2-3-6-12-7-9(14)8(13)5(4-11)15-10(7)16-6;1-3-12(2)10-11-6-8(15)7(14)5(4-13)16-9(6)17-10;1-2-3-6-11-7-9(14)8(13)5(4-12)15-10(7)16-6;1-3-4-6-11-7-9(13)8(12)5(2)14-10(7)15-6/h5,7-10,13-14H,2-4H2,1H3;5-9,13-15H,3-4H2,1-2H3;5,7-10,12-14H,2-4H2,1H3;5,7-10,12-13H,3-4H2,1-2H3/t5-,7-,8-,9-,10-;5-,6-,7-,8-,9-;2*5-,7-,8-,9-,10-/m1111/s1. The summed E-state index contributed by atoms with van der Waals surface area (Å²) in [6.07, 6.45) is -4.95. The summed E-state index contributed by atoms with van der Waals surface area (Å²) in [5.41, 5.74) is -1.05. The van der Waals surface area contributed by atoms with Crippen molar-refractivity contribution in [2.45, 2.75) is 192 Å². The van der Waals surface area contributed by atoms with Crippen molar-refractivity contribution in [3.63, 3.8) is 0 Å². The first-order chi connectivity index (χ1) is 30.5. The van der Waals surface area contributed by atoms with Gasteiger partial charge in [-0.3, -0.25) is 20.0 Å². The van der Waals surface area contributed by atoms with Crippen LogP contribution in [0.3, 0.4) is 0 Å². The molecule has 0 radical (unpaired) electrons. The summed E-state index contributed by atoms with van der Waals surface area (Å²) in [5, 5.41) is 100.0. The Balaban J connectivity index is 0.000000161. The molecule has 4 saturated heterocycles. The lowest BCUT2D eigenvalue weighted by molar-refractivity contribution is -0.164. The molecule has 8 rings (SSSR count). The number of ether oxygens (including phenoxy) is 4. The zero-order chi connectivity index (χ0) is 47.0. The largest absolute Gasteiger partial charge is 0.394 e. The van der Waals surface area contributed by atoms with E-state index < -0.39 is 91.9 Å². The monoisotopic (exact) mass is 989 g/mol. The van der Waals surface area contributed by atoms with Gasteiger partial charge in [-0.2, -0.15) is 0 Å². The SMILES string of the molecule is CCCC1=N[C@@H]2[C@@H](O)[C@H](O)[C@@H](C)O[C@@H]2S1.CCCC1=N[C@@H]2[C@@H](O)[C@H](O)[C@@H](CF)O[C@@H]2S1.CCCC1=N[C@@H]2[C@@H](O)[C@H](O)[C@@H](CO)O[C@@H]2S1.CCN(C)C1=N[C@@H]2[C@@H](O)[C@H](O)[C@@H](CO)O[C@@H]2S1. The average molecular weight is 990 g/mol. The van der Waals surface area contributed by atoms with Crippen LogP contribution in [0.2, 0.25) is 0 Å². The molecule has 8 heterocycles. The number of nitrogens with zero attached hydrogens (tertiary/aromatic N) is 5. The molecule has 24 heteroatoms. The van der Waals surface area contributed by atoms with Gasteiger partial charge in [0.15, 0.2) is 5.17 Å². The van der Waals surface area contributed by atoms with E-state index >= 15 is 0 Å². The maximum Gasteiger partial charge on any atom is 0.162 e. The zero-order valence-corrected chi connectivity index (χ0v) is 40.2. The highest BCUT2D eigenvalue weighted by Crippen LogP contribution is 2.41. The first-order valence-corrected chi connectivity index (χ1v) is 25.6. The number of aliphatic hydroxyl groups excluding tert-OH is 10. The Morgan fingerprint density at radius 1 is 0.500 bits per heavy atom. The Kier molecular flexibility index (Phi) is 21.3. The molecule has 0 saturated carbocycles. The van der Waals surface area contributed by atoms with Gasteiger partial charge in [0.05, 0.1) is 34.4 Å². The smallest absolute Gasteiger partial charge is 0.162 e. The van der Waals surface area contributed by atoms with E-state index in [0.717, 1.165) is 65.4 Å². The van der Waals surface area contributed by atoms with Gasteiger partial charge in [-0.1, -0.05) is 87.1 Å². The van der Waals surface area contributed by atoms with Crippen LogP contribution >= 0.6 is 47.0 Å². The highest BCUT2D eigenvalue weighted by atomic mass is 32.2. The van der Waals surface area contributed by atoms with E-state index in [0.29, 0.717) is 0 Å². The third-order valence-electron chi connectivity index (χ3n) is 11.6. The first kappa shape index (κ1) is 54.2. The molecule has 64 heavy (non-hydrogen) atoms. The Morgan fingerprint density at radius 2 is 0.844 bits per heavy atom. The number of hydrogen-bond acceptors (Lipinski definition) is 23. The molecule has 0 aliphatic carbocycles. The maximum atomic E-state index is 12.6. The van der Waals surface area contributed by atoms with Crippen LogP contribution < -0.4 is 0 Å². The van der Waals surface area contributed by atoms with Crippen molar-refractivity contribution in [2.75, 3.05) is 33.5 Å². The van der Waals surface area contributed by atoms with Crippen molar-refractivity contribution in [1.82, 2.24) is 4.90 Å². The van der Waals surface area contributed by atoms with Crippen LogP contribution in [0.1, 0.15) is 73.1 Å². The number of amidine groups is 1. The summed E-state index contributed by atoms with van der Waals surface area (Å²) in [4.78, 5) is 19.4. The second-order valence-corrected chi connectivity index (χ2v) is 21.0. The van der Waals surface area contributed by atoms with Gasteiger partial charge < -0.3 is 74.9 Å². The number of thioether (sulfide) groups is 4. The van der Waals surface area contributed by atoms with Crippen molar-refractivity contribution in [2.24, 2.45) is 20.0 Å². The Hall–Kier alpha value is -0.750. The number of aliphatic imine (C=N–C) groups is 4. The molecule has 8 aliphatic heterocycles. The van der Waals surface area contributed by atoms with Gasteiger partial charge in [0, 0.05) is 13.6 Å². The van der Waals surface area contributed by atoms with Crippen LogP contribution in [0.15, 0.2) is 20.0 Å². The molecule has 8 aliphatic rings. The Bertz CT molecular complexity index is 1560. The molecule has 0 unspecified atom stereocenters. The molecule has 4 fully saturated rings. The van der Waals surface area contributed by atoms with Gasteiger partial charge in [0.1, 0.15) is 120 Å². The number of alkyl halides is 1. The normalized spacial score (nSPS) is 43.0. The molecular weight excluding hydrogens is 922 g/mol. The molecule has 0 spiro atoms. The molecule has 0 amide bonds. The summed E-state index contributed by atoms with van der Waals surface area (Å²) < 4.78 is 34.6. The molecule has 0 aromatic rings. The second-order valence-electron chi connectivity index (χ2n) is 16.5. The fourth-order valence-electron chi connectivity index (χ4n) is 7.72. The lowest BCUT2D eigenvalue weighted by Gasteiger charge is -2.37. The summed E-state index contributed by atoms with van der Waals surface area (Å²) in [6.45, 7) is 9.43. The van der Waals surface area contributed by atoms with E-state index in [4.69, 9.17) is 29.2 Å². The molecule has 10 N–H and O–H groups in total. The van der Waals surface area contributed by atoms with Crippen molar-refractivity contribution >= 4 is 67.3 Å². The van der Waals surface area contributed by atoms with E-state index in [9.17, 15) is 45.2 Å². The highest BCUT2D eigenvalue weighted by Gasteiger charge is 2.51. The maximum absolute atomic E-state index is 12.6. The fraction of sp³-hybridized carbons (Fsp3) is 0.900. The summed E-state index contributed by atoms with van der Waals surface area (Å²) in [5.74, 6) is 0. The highest BCUT2D eigenvalue weighted by molar-refractivity contribution is 8.15. The second kappa shape index (κ2) is 25.2. The number of fused-ring (bicyclic) bond motifs is 4. The molecule has 19 nitrogen and oxygen atoms in total. The Labute approximate surface area is 390 Å². The minimum Gasteiger partial charge on any atom is -0.394 e. The van der Waals surface area contributed by atoms with Crippen LogP contribution in [0, 0.1) is 0 Å². The quantitative estimate of drug-likeness (QED) is 0.139. The molecular formula is C40H68FN5O14S4. The van der Waals surface area contributed by atoms with Gasteiger partial charge in [0.2, 0.25) is 0 Å². The van der Waals surface area contributed by atoms with Crippen LogP contribution in [0.25, 0.3) is 0 Å². The van der Waals surface area contributed by atoms with Gasteiger partial charge in [-0.05, 0) is 33.1 Å². The minimum absolute atomic E-state index is 0.111. The number of rotatable bonds is 10. The van der Waals surface area contributed by atoms with E-state index in [2.05, 4.69) is 33.8 Å². The number of hydrogen-bond donors (Lipinski definition) is 10. The van der Waals surface area contributed by atoms with Crippen molar-refractivity contribution in [3.05, 3.63) is 0 Å². The van der Waals surface area contributed by atoms with Crippen molar-refractivity contribution < 1.29 is 74.4 Å². The summed E-state index contributed by atoms with van der Waals surface area (Å²) >= 11 is 5.93. The zero-order valence-electron chi connectivity index (χ0n) is 37.0.